The molecule has 0 aliphatic carbocycles. The predicted octanol–water partition coefficient (Wildman–Crippen LogP) is 3.90. The van der Waals surface area contributed by atoms with Gasteiger partial charge >= 0.3 is 0 Å². The van der Waals surface area contributed by atoms with Crippen LogP contribution in [0.2, 0.25) is 0 Å². The quantitative estimate of drug-likeness (QED) is 0.752. The molecule has 1 heterocycles. The average molecular weight is 274 g/mol. The van der Waals surface area contributed by atoms with E-state index in [1.54, 1.807) is 0 Å². The van der Waals surface area contributed by atoms with Crippen LogP contribution in [-0.2, 0) is 5.88 Å². The van der Waals surface area contributed by atoms with Gasteiger partial charge < -0.3 is 4.90 Å². The molecule has 1 aliphatic rings. The van der Waals surface area contributed by atoms with Crippen LogP contribution in [0.3, 0.4) is 0 Å². The first-order valence-electron chi connectivity index (χ1n) is 5.75. The molecule has 0 atom stereocenters. The van der Waals surface area contributed by atoms with Gasteiger partial charge in [0.1, 0.15) is 5.82 Å². The summed E-state index contributed by atoms with van der Waals surface area (Å²) in [4.78, 5) is 2.31. The van der Waals surface area contributed by atoms with Gasteiger partial charge in [0.05, 0.1) is 0 Å². The van der Waals surface area contributed by atoms with Crippen LogP contribution in [0.5, 0.6) is 0 Å². The smallest absolute Gasteiger partial charge is 0.123 e. The maximum atomic E-state index is 13.2. The molecule has 1 aromatic carbocycles. The maximum Gasteiger partial charge on any atom is 0.123 e. The van der Waals surface area contributed by atoms with E-state index >= 15 is 0 Å². The monoisotopic (exact) mass is 273 g/mol. The van der Waals surface area contributed by atoms with Crippen molar-refractivity contribution >= 4 is 29.1 Å². The largest absolute Gasteiger partial charge is 0.369 e. The Labute approximate surface area is 111 Å². The molecule has 0 amide bonds. The zero-order valence-corrected chi connectivity index (χ0v) is 11.7. The molecule has 0 spiro atoms. The first-order valence-corrected chi connectivity index (χ1v) is 7.27. The number of benzene rings is 1. The summed E-state index contributed by atoms with van der Waals surface area (Å²) >= 11 is 7.88. The van der Waals surface area contributed by atoms with Crippen LogP contribution in [0.25, 0.3) is 0 Å². The van der Waals surface area contributed by atoms with Gasteiger partial charge in [-0.05, 0) is 37.6 Å². The normalized spacial score (nSPS) is 19.4. The molecule has 2 rings (SSSR count). The van der Waals surface area contributed by atoms with Crippen LogP contribution in [0.4, 0.5) is 10.1 Å². The zero-order valence-electron chi connectivity index (χ0n) is 10.2. The lowest BCUT2D eigenvalue weighted by Crippen LogP contribution is -2.43. The van der Waals surface area contributed by atoms with Crippen LogP contribution in [0.15, 0.2) is 18.2 Å². The van der Waals surface area contributed by atoms with Crippen molar-refractivity contribution in [3.05, 3.63) is 29.6 Å². The van der Waals surface area contributed by atoms with E-state index in [2.05, 4.69) is 18.7 Å². The second-order valence-electron chi connectivity index (χ2n) is 4.94. The number of hydrogen-bond acceptors (Lipinski definition) is 2. The standard InChI is InChI=1S/C13H17ClFNS/c1-13(2)9-16(5-6-17-13)12-4-3-11(15)7-10(12)8-14/h3-4,7H,5-6,8-9H2,1-2H3. The molecule has 0 saturated carbocycles. The van der Waals surface area contributed by atoms with Gasteiger partial charge in [0.2, 0.25) is 0 Å². The molecule has 0 radical (unpaired) electrons. The molecule has 1 fully saturated rings. The molecule has 4 heteroatoms. The lowest BCUT2D eigenvalue weighted by Gasteiger charge is -2.39. The third kappa shape index (κ3) is 3.08. The van der Waals surface area contributed by atoms with Gasteiger partial charge in [-0.2, -0.15) is 11.8 Å². The molecule has 94 valence electrons. The van der Waals surface area contributed by atoms with E-state index in [1.807, 2.05) is 17.8 Å². The Balaban J connectivity index is 2.27. The molecule has 1 saturated heterocycles. The second-order valence-corrected chi connectivity index (χ2v) is 7.01. The Morgan fingerprint density at radius 3 is 2.88 bits per heavy atom. The van der Waals surface area contributed by atoms with Crippen LogP contribution in [-0.4, -0.2) is 23.6 Å². The molecule has 17 heavy (non-hydrogen) atoms. The van der Waals surface area contributed by atoms with Crippen molar-refractivity contribution < 1.29 is 4.39 Å². The summed E-state index contributed by atoms with van der Waals surface area (Å²) in [5, 5.41) is 0. The van der Waals surface area contributed by atoms with Gasteiger partial charge in [0.25, 0.3) is 0 Å². The molecule has 0 N–H and O–H groups in total. The lowest BCUT2D eigenvalue weighted by atomic mass is 10.1. The number of thioether (sulfide) groups is 1. The fourth-order valence-electron chi connectivity index (χ4n) is 2.19. The topological polar surface area (TPSA) is 3.24 Å². The van der Waals surface area contributed by atoms with Crippen molar-refractivity contribution in [3.8, 4) is 0 Å². The van der Waals surface area contributed by atoms with Crippen molar-refractivity contribution in [2.45, 2.75) is 24.5 Å². The van der Waals surface area contributed by atoms with E-state index in [0.717, 1.165) is 30.1 Å². The molecule has 1 aliphatic heterocycles. The van der Waals surface area contributed by atoms with Crippen LogP contribution in [0.1, 0.15) is 19.4 Å². The number of halogens is 2. The minimum atomic E-state index is -0.213. The van der Waals surface area contributed by atoms with E-state index < -0.39 is 0 Å². The third-order valence-electron chi connectivity index (χ3n) is 2.95. The minimum Gasteiger partial charge on any atom is -0.369 e. The summed E-state index contributed by atoms with van der Waals surface area (Å²) in [6, 6.07) is 4.90. The second kappa shape index (κ2) is 5.07. The number of anilines is 1. The third-order valence-corrected chi connectivity index (χ3v) is 4.54. The van der Waals surface area contributed by atoms with Gasteiger partial charge in [0, 0.05) is 35.2 Å². The number of hydrogen-bond donors (Lipinski definition) is 0. The highest BCUT2D eigenvalue weighted by Gasteiger charge is 2.28. The fraction of sp³-hybridized carbons (Fsp3) is 0.538. The average Bonchev–Trinajstić information content (AvgIpc) is 2.27. The first-order chi connectivity index (χ1) is 8.02. The Kier molecular flexibility index (Phi) is 3.88. The number of rotatable bonds is 2. The lowest BCUT2D eigenvalue weighted by molar-refractivity contribution is 0.622. The Hall–Kier alpha value is -0.410. The van der Waals surface area contributed by atoms with Crippen LogP contribution in [0, 0.1) is 5.82 Å². The summed E-state index contributed by atoms with van der Waals surface area (Å²) in [7, 11) is 0. The van der Waals surface area contributed by atoms with Gasteiger partial charge in [0.15, 0.2) is 0 Å². The van der Waals surface area contributed by atoms with Crippen molar-refractivity contribution in [1.29, 1.82) is 0 Å². The summed E-state index contributed by atoms with van der Waals surface area (Å²) in [6.45, 7) is 6.47. The van der Waals surface area contributed by atoms with Crippen molar-refractivity contribution in [1.82, 2.24) is 0 Å². The minimum absolute atomic E-state index is 0.213. The Morgan fingerprint density at radius 1 is 1.47 bits per heavy atom. The van der Waals surface area contributed by atoms with E-state index in [4.69, 9.17) is 11.6 Å². The summed E-state index contributed by atoms with van der Waals surface area (Å²) in [5.74, 6) is 1.25. The van der Waals surface area contributed by atoms with E-state index in [0.29, 0.717) is 5.88 Å². The SMILES string of the molecule is CC1(C)CN(c2ccc(F)cc2CCl)CCS1. The first kappa shape index (κ1) is 13.0. The molecule has 0 aromatic heterocycles. The van der Waals surface area contributed by atoms with Gasteiger partial charge in [-0.3, -0.25) is 0 Å². The van der Waals surface area contributed by atoms with Crippen LogP contribution < -0.4 is 4.90 Å². The van der Waals surface area contributed by atoms with E-state index in [-0.39, 0.29) is 10.6 Å². The van der Waals surface area contributed by atoms with Crippen LogP contribution >= 0.6 is 23.4 Å². The Bertz CT molecular complexity index is 408. The summed E-state index contributed by atoms with van der Waals surface area (Å²) in [6.07, 6.45) is 0. The highest BCUT2D eigenvalue weighted by atomic mass is 35.5. The molecule has 1 aromatic rings. The van der Waals surface area contributed by atoms with Gasteiger partial charge in [-0.25, -0.2) is 4.39 Å². The Morgan fingerprint density at radius 2 is 2.24 bits per heavy atom. The zero-order chi connectivity index (χ0) is 12.5. The number of nitrogens with zero attached hydrogens (tertiary/aromatic N) is 1. The molecule has 1 nitrogen and oxygen atoms in total. The fourth-order valence-corrected chi connectivity index (χ4v) is 3.52. The van der Waals surface area contributed by atoms with E-state index in [1.165, 1.54) is 12.1 Å². The molecule has 0 unspecified atom stereocenters. The van der Waals surface area contributed by atoms with Crippen molar-refractivity contribution in [2.24, 2.45) is 0 Å². The van der Waals surface area contributed by atoms with Gasteiger partial charge in [-0.15, -0.1) is 11.6 Å². The molecule has 0 bridgehead atoms. The summed E-state index contributed by atoms with van der Waals surface area (Å²) in [5.41, 5.74) is 1.96. The predicted molar refractivity (Wildman–Crippen MR) is 74.7 cm³/mol. The molecular formula is C13H17ClFNS. The van der Waals surface area contributed by atoms with Gasteiger partial charge in [-0.1, -0.05) is 0 Å². The van der Waals surface area contributed by atoms with Crippen molar-refractivity contribution in [2.75, 3.05) is 23.7 Å². The highest BCUT2D eigenvalue weighted by molar-refractivity contribution is 8.00. The molecular weight excluding hydrogens is 257 g/mol. The van der Waals surface area contributed by atoms with Crippen molar-refractivity contribution in [3.63, 3.8) is 0 Å². The summed E-state index contributed by atoms with van der Waals surface area (Å²) < 4.78 is 13.4. The highest BCUT2D eigenvalue weighted by Crippen LogP contribution is 2.34. The van der Waals surface area contributed by atoms with E-state index in [9.17, 15) is 4.39 Å². The maximum absolute atomic E-state index is 13.2. The number of alkyl halides is 1.